The lowest BCUT2D eigenvalue weighted by molar-refractivity contribution is 0.248. The molecular weight excluding hydrogens is 210 g/mol. The Morgan fingerprint density at radius 3 is 2.93 bits per heavy atom. The zero-order valence-corrected chi connectivity index (χ0v) is 9.73. The van der Waals surface area contributed by atoms with Crippen molar-refractivity contribution in [1.82, 2.24) is 10.3 Å². The maximum Gasteiger partial charge on any atom is 0.321 e. The van der Waals surface area contributed by atoms with Gasteiger partial charge in [-0.25, -0.2) is 9.78 Å². The van der Waals surface area contributed by atoms with Crippen molar-refractivity contribution in [2.45, 2.75) is 32.7 Å². The van der Waals surface area contributed by atoms with E-state index in [1.165, 1.54) is 24.2 Å². The molecule has 1 aliphatic rings. The Hall–Kier alpha value is -1.10. The van der Waals surface area contributed by atoms with Crippen LogP contribution in [0.2, 0.25) is 0 Å². The first-order valence-electron chi connectivity index (χ1n) is 5.15. The number of aryl methyl sites for hydroxylation is 1. The van der Waals surface area contributed by atoms with E-state index in [4.69, 9.17) is 0 Å². The zero-order chi connectivity index (χ0) is 10.8. The molecule has 0 saturated heterocycles. The molecule has 15 heavy (non-hydrogen) atoms. The highest BCUT2D eigenvalue weighted by Crippen LogP contribution is 2.32. The van der Waals surface area contributed by atoms with Crippen LogP contribution in [0.1, 0.15) is 25.5 Å². The topological polar surface area (TPSA) is 54.0 Å². The third-order valence-corrected chi connectivity index (χ3v) is 3.40. The number of rotatable bonds is 3. The first-order chi connectivity index (χ1) is 7.15. The van der Waals surface area contributed by atoms with Crippen molar-refractivity contribution >= 4 is 22.5 Å². The van der Waals surface area contributed by atoms with Gasteiger partial charge in [0.25, 0.3) is 0 Å². The highest BCUT2D eigenvalue weighted by Gasteiger charge is 2.28. The van der Waals surface area contributed by atoms with E-state index in [9.17, 15) is 4.79 Å². The number of amides is 2. The van der Waals surface area contributed by atoms with Gasteiger partial charge in [-0.3, -0.25) is 5.32 Å². The third kappa shape index (κ3) is 2.92. The average molecular weight is 225 g/mol. The molecule has 0 spiro atoms. The molecular formula is C10H15N3OS. The molecule has 2 amide bonds. The van der Waals surface area contributed by atoms with E-state index in [1.807, 2.05) is 19.2 Å². The number of nitrogens with zero attached hydrogens (tertiary/aromatic N) is 1. The molecule has 1 saturated carbocycles. The van der Waals surface area contributed by atoms with E-state index in [2.05, 4.69) is 15.6 Å². The summed E-state index contributed by atoms with van der Waals surface area (Å²) < 4.78 is 0. The lowest BCUT2D eigenvalue weighted by Crippen LogP contribution is -2.37. The van der Waals surface area contributed by atoms with Crippen LogP contribution < -0.4 is 10.6 Å². The quantitative estimate of drug-likeness (QED) is 0.829. The lowest BCUT2D eigenvalue weighted by Gasteiger charge is -2.12. The lowest BCUT2D eigenvalue weighted by atomic mass is 10.2. The van der Waals surface area contributed by atoms with Crippen LogP contribution in [-0.2, 0) is 0 Å². The van der Waals surface area contributed by atoms with E-state index in [-0.39, 0.29) is 12.1 Å². The first kappa shape index (κ1) is 10.4. The molecule has 1 fully saturated rings. The minimum atomic E-state index is -0.149. The molecule has 1 aromatic heterocycles. The molecule has 1 unspecified atom stereocenters. The molecule has 0 radical (unpaired) electrons. The van der Waals surface area contributed by atoms with Gasteiger partial charge in [0.2, 0.25) is 0 Å². The minimum absolute atomic E-state index is 0.149. The summed E-state index contributed by atoms with van der Waals surface area (Å²) in [5.74, 6) is 0.675. The molecule has 0 aliphatic heterocycles. The summed E-state index contributed by atoms with van der Waals surface area (Å²) >= 11 is 1.45. The van der Waals surface area contributed by atoms with Gasteiger partial charge in [0, 0.05) is 11.4 Å². The van der Waals surface area contributed by atoms with Crippen LogP contribution in [0.15, 0.2) is 5.38 Å². The standard InChI is InChI=1S/C10H15N3OS/c1-6-5-15-10(11-6)13-9(14)12-7(2)8-3-4-8/h5,7-8H,3-4H2,1-2H3,(H2,11,12,13,14). The fourth-order valence-electron chi connectivity index (χ4n) is 1.47. The molecule has 1 aromatic rings. The van der Waals surface area contributed by atoms with Crippen molar-refractivity contribution in [3.8, 4) is 0 Å². The van der Waals surface area contributed by atoms with Gasteiger partial charge < -0.3 is 5.32 Å². The van der Waals surface area contributed by atoms with Gasteiger partial charge in [-0.2, -0.15) is 0 Å². The fraction of sp³-hybridized carbons (Fsp3) is 0.600. The molecule has 82 valence electrons. The monoisotopic (exact) mass is 225 g/mol. The molecule has 1 atom stereocenters. The Bertz CT molecular complexity index is 359. The van der Waals surface area contributed by atoms with Crippen molar-refractivity contribution in [1.29, 1.82) is 0 Å². The summed E-state index contributed by atoms with van der Waals surface area (Å²) in [7, 11) is 0. The van der Waals surface area contributed by atoms with Gasteiger partial charge in [0.05, 0.1) is 5.69 Å². The van der Waals surface area contributed by atoms with Crippen LogP contribution in [-0.4, -0.2) is 17.1 Å². The summed E-state index contributed by atoms with van der Waals surface area (Å²) in [6, 6.07) is 0.120. The van der Waals surface area contributed by atoms with Gasteiger partial charge in [0.15, 0.2) is 5.13 Å². The summed E-state index contributed by atoms with van der Waals surface area (Å²) in [5, 5.41) is 8.23. The van der Waals surface area contributed by atoms with Crippen molar-refractivity contribution in [2.75, 3.05) is 5.32 Å². The van der Waals surface area contributed by atoms with Crippen LogP contribution in [0, 0.1) is 12.8 Å². The SMILES string of the molecule is Cc1csc(NC(=O)NC(C)C2CC2)n1. The molecule has 0 bridgehead atoms. The zero-order valence-electron chi connectivity index (χ0n) is 8.91. The van der Waals surface area contributed by atoms with Crippen LogP contribution in [0.4, 0.5) is 9.93 Å². The van der Waals surface area contributed by atoms with E-state index >= 15 is 0 Å². The van der Waals surface area contributed by atoms with Crippen molar-refractivity contribution in [2.24, 2.45) is 5.92 Å². The predicted octanol–water partition coefficient (Wildman–Crippen LogP) is 2.37. The van der Waals surface area contributed by atoms with E-state index in [0.717, 1.165) is 5.69 Å². The van der Waals surface area contributed by atoms with Gasteiger partial charge in [-0.05, 0) is 32.6 Å². The van der Waals surface area contributed by atoms with E-state index < -0.39 is 0 Å². The highest BCUT2D eigenvalue weighted by atomic mass is 32.1. The Morgan fingerprint density at radius 1 is 1.67 bits per heavy atom. The molecule has 1 aliphatic carbocycles. The first-order valence-corrected chi connectivity index (χ1v) is 6.03. The summed E-state index contributed by atoms with van der Waals surface area (Å²) in [6.45, 7) is 3.96. The Morgan fingerprint density at radius 2 is 2.40 bits per heavy atom. The van der Waals surface area contributed by atoms with Crippen molar-refractivity contribution in [3.63, 3.8) is 0 Å². The molecule has 0 aromatic carbocycles. The van der Waals surface area contributed by atoms with Gasteiger partial charge in [-0.1, -0.05) is 0 Å². The molecule has 4 nitrogen and oxygen atoms in total. The number of thiazole rings is 1. The van der Waals surface area contributed by atoms with Crippen LogP contribution in [0.3, 0.4) is 0 Å². The molecule has 5 heteroatoms. The number of anilines is 1. The Labute approximate surface area is 93.1 Å². The number of hydrogen-bond acceptors (Lipinski definition) is 3. The number of aromatic nitrogens is 1. The number of carbonyl (C=O) groups excluding carboxylic acids is 1. The van der Waals surface area contributed by atoms with Crippen LogP contribution >= 0.6 is 11.3 Å². The third-order valence-electron chi connectivity index (χ3n) is 2.53. The minimum Gasteiger partial charge on any atom is -0.335 e. The Kier molecular flexibility index (Phi) is 2.90. The average Bonchev–Trinajstić information content (AvgIpc) is 2.92. The van der Waals surface area contributed by atoms with Gasteiger partial charge >= 0.3 is 6.03 Å². The largest absolute Gasteiger partial charge is 0.335 e. The second-order valence-electron chi connectivity index (χ2n) is 4.02. The van der Waals surface area contributed by atoms with Crippen molar-refractivity contribution in [3.05, 3.63) is 11.1 Å². The summed E-state index contributed by atoms with van der Waals surface area (Å²) in [4.78, 5) is 15.7. The van der Waals surface area contributed by atoms with Crippen molar-refractivity contribution < 1.29 is 4.79 Å². The number of nitrogens with one attached hydrogen (secondary N) is 2. The maximum absolute atomic E-state index is 11.5. The number of carbonyl (C=O) groups is 1. The molecule has 2 N–H and O–H groups in total. The maximum atomic E-state index is 11.5. The number of hydrogen-bond donors (Lipinski definition) is 2. The summed E-state index contributed by atoms with van der Waals surface area (Å²) in [6.07, 6.45) is 2.47. The van der Waals surface area contributed by atoms with Gasteiger partial charge in [-0.15, -0.1) is 11.3 Å². The number of urea groups is 1. The second kappa shape index (κ2) is 4.18. The van der Waals surface area contributed by atoms with Crippen LogP contribution in [0.25, 0.3) is 0 Å². The second-order valence-corrected chi connectivity index (χ2v) is 4.88. The predicted molar refractivity (Wildman–Crippen MR) is 61.2 cm³/mol. The molecule has 2 rings (SSSR count). The normalized spacial score (nSPS) is 17.2. The van der Waals surface area contributed by atoms with Crippen LogP contribution in [0.5, 0.6) is 0 Å². The van der Waals surface area contributed by atoms with E-state index in [1.54, 1.807) is 0 Å². The highest BCUT2D eigenvalue weighted by molar-refractivity contribution is 7.13. The summed E-state index contributed by atoms with van der Waals surface area (Å²) in [5.41, 5.74) is 0.936. The fourth-order valence-corrected chi connectivity index (χ4v) is 2.15. The van der Waals surface area contributed by atoms with E-state index in [0.29, 0.717) is 11.0 Å². The molecule has 1 heterocycles. The van der Waals surface area contributed by atoms with Gasteiger partial charge in [0.1, 0.15) is 0 Å². The Balaban J connectivity index is 1.81. The smallest absolute Gasteiger partial charge is 0.321 e.